The van der Waals surface area contributed by atoms with E-state index >= 15 is 0 Å². The molecule has 1 aliphatic rings. The summed E-state index contributed by atoms with van der Waals surface area (Å²) in [7, 11) is 0. The van der Waals surface area contributed by atoms with Gasteiger partial charge in [0, 0.05) is 24.2 Å². The Morgan fingerprint density at radius 1 is 1.12 bits per heavy atom. The van der Waals surface area contributed by atoms with Crippen LogP contribution in [-0.2, 0) is 30.8 Å². The molecule has 0 amide bonds. The maximum atomic E-state index is 13.8. The van der Waals surface area contributed by atoms with E-state index < -0.39 is 6.04 Å². The zero-order chi connectivity index (χ0) is 27.5. The minimum Gasteiger partial charge on any atom is -0.468 e. The highest BCUT2D eigenvalue weighted by Crippen LogP contribution is 2.31. The molecule has 0 spiro atoms. The topological polar surface area (TPSA) is 102 Å². The number of rotatable bonds is 10. The number of aromatic nitrogens is 5. The third-order valence-electron chi connectivity index (χ3n) is 7.45. The largest absolute Gasteiger partial charge is 0.468 e. The number of tetrazole rings is 1. The molecule has 0 aliphatic carbocycles. The van der Waals surface area contributed by atoms with Gasteiger partial charge in [0.05, 0.1) is 25.5 Å². The number of nitrogens with one attached hydrogen (secondary N) is 1. The van der Waals surface area contributed by atoms with Crippen molar-refractivity contribution in [1.82, 2.24) is 30.1 Å². The van der Waals surface area contributed by atoms with Gasteiger partial charge in [-0.05, 0) is 88.7 Å². The molecular weight excluding hydrogens is 511 g/mol. The maximum Gasteiger partial charge on any atom is 0.253 e. The summed E-state index contributed by atoms with van der Waals surface area (Å²) in [6.07, 6.45) is 4.41. The van der Waals surface area contributed by atoms with Gasteiger partial charge < -0.3 is 14.1 Å². The summed E-state index contributed by atoms with van der Waals surface area (Å²) in [5.74, 6) is 0.938. The molecule has 0 radical (unpaired) electrons. The van der Waals surface area contributed by atoms with E-state index in [1.807, 2.05) is 30.3 Å². The SMILES string of the molecule is CCc1ccc2[nH]c(=O)c([C@H](c3nnnn3C[C@@H]3CCCO3)N(Cc3ccc(F)cc3)Cc3ccco3)cc2c1. The number of hydrogen-bond donors (Lipinski definition) is 1. The lowest BCUT2D eigenvalue weighted by Gasteiger charge is -2.30. The molecule has 6 rings (SSSR count). The van der Waals surface area contributed by atoms with Crippen molar-refractivity contribution < 1.29 is 13.5 Å². The monoisotopic (exact) mass is 542 g/mol. The van der Waals surface area contributed by atoms with Crippen molar-refractivity contribution in [3.05, 3.63) is 111 Å². The Morgan fingerprint density at radius 3 is 2.73 bits per heavy atom. The van der Waals surface area contributed by atoms with E-state index in [1.165, 1.54) is 17.7 Å². The van der Waals surface area contributed by atoms with Crippen LogP contribution in [0.2, 0.25) is 0 Å². The number of furan rings is 1. The van der Waals surface area contributed by atoms with Crippen LogP contribution >= 0.6 is 0 Å². The van der Waals surface area contributed by atoms with Crippen LogP contribution in [0.25, 0.3) is 10.9 Å². The lowest BCUT2D eigenvalue weighted by molar-refractivity contribution is 0.0901. The molecule has 9 nitrogen and oxygen atoms in total. The van der Waals surface area contributed by atoms with E-state index in [0.29, 0.717) is 37.6 Å². The van der Waals surface area contributed by atoms with Gasteiger partial charge in [0.1, 0.15) is 17.6 Å². The molecule has 1 N–H and O–H groups in total. The zero-order valence-corrected chi connectivity index (χ0v) is 22.3. The van der Waals surface area contributed by atoms with Gasteiger partial charge in [0.25, 0.3) is 5.56 Å². The van der Waals surface area contributed by atoms with Gasteiger partial charge in [0.2, 0.25) is 0 Å². The smallest absolute Gasteiger partial charge is 0.253 e. The summed E-state index contributed by atoms with van der Waals surface area (Å²) < 4.78 is 27.1. The van der Waals surface area contributed by atoms with Crippen molar-refractivity contribution in [2.75, 3.05) is 6.61 Å². The van der Waals surface area contributed by atoms with Crippen molar-refractivity contribution in [3.63, 3.8) is 0 Å². The molecule has 4 heterocycles. The molecule has 0 bridgehead atoms. The second kappa shape index (κ2) is 11.5. The maximum absolute atomic E-state index is 13.8. The summed E-state index contributed by atoms with van der Waals surface area (Å²) in [4.78, 5) is 18.9. The van der Waals surface area contributed by atoms with Crippen molar-refractivity contribution in [1.29, 1.82) is 0 Å². The first-order valence-electron chi connectivity index (χ1n) is 13.6. The Bertz CT molecular complexity index is 1620. The van der Waals surface area contributed by atoms with Crippen LogP contribution in [0, 0.1) is 5.82 Å². The Hall–Kier alpha value is -4.15. The number of hydrogen-bond acceptors (Lipinski definition) is 7. The second-order valence-corrected chi connectivity index (χ2v) is 10.2. The fraction of sp³-hybridized carbons (Fsp3) is 0.333. The van der Waals surface area contributed by atoms with Crippen molar-refractivity contribution in [2.24, 2.45) is 0 Å². The molecule has 2 atom stereocenters. The third-order valence-corrected chi connectivity index (χ3v) is 7.45. The van der Waals surface area contributed by atoms with Gasteiger partial charge in [-0.3, -0.25) is 9.69 Å². The first-order valence-corrected chi connectivity index (χ1v) is 13.6. The zero-order valence-electron chi connectivity index (χ0n) is 22.3. The predicted molar refractivity (Wildman–Crippen MR) is 147 cm³/mol. The van der Waals surface area contributed by atoms with Crippen molar-refractivity contribution in [2.45, 2.75) is 58.0 Å². The van der Waals surface area contributed by atoms with Gasteiger partial charge in [-0.2, -0.15) is 0 Å². The molecule has 40 heavy (non-hydrogen) atoms. The summed E-state index contributed by atoms with van der Waals surface area (Å²) in [5.41, 5.74) is 3.10. The number of pyridine rings is 1. The van der Waals surface area contributed by atoms with Crippen LogP contribution < -0.4 is 5.56 Å². The van der Waals surface area contributed by atoms with E-state index in [-0.39, 0.29) is 17.5 Å². The Morgan fingerprint density at radius 2 is 1.98 bits per heavy atom. The second-order valence-electron chi connectivity index (χ2n) is 10.2. The van der Waals surface area contributed by atoms with Crippen LogP contribution in [0.3, 0.4) is 0 Å². The number of ether oxygens (including phenoxy) is 1. The molecule has 1 fully saturated rings. The standard InChI is InChI=1S/C30H31FN6O3/c1-2-20-9-12-27-22(15-20)16-26(30(38)32-27)28(29-33-34-35-37(29)19-25-6-4-14-40-25)36(18-24-5-3-13-39-24)17-21-7-10-23(31)11-8-21/h3,5,7-13,15-16,25,28H,2,4,6,14,17-19H2,1H3,(H,32,38)/t25-,28+/m0/s1. The quantitative estimate of drug-likeness (QED) is 0.271. The van der Waals surface area contributed by atoms with Gasteiger partial charge in [0.15, 0.2) is 5.82 Å². The van der Waals surface area contributed by atoms with Gasteiger partial charge in [-0.1, -0.05) is 25.1 Å². The third kappa shape index (κ3) is 5.59. The number of H-pyrrole nitrogens is 1. The average Bonchev–Trinajstić information content (AvgIpc) is 3.75. The Kier molecular flexibility index (Phi) is 7.52. The minimum atomic E-state index is -0.634. The highest BCUT2D eigenvalue weighted by atomic mass is 19.1. The minimum absolute atomic E-state index is 0.000484. The summed E-state index contributed by atoms with van der Waals surface area (Å²) in [6.45, 7) is 4.06. The average molecular weight is 543 g/mol. The van der Waals surface area contributed by atoms with Crippen LogP contribution in [0.5, 0.6) is 0 Å². The first-order chi connectivity index (χ1) is 19.6. The highest BCUT2D eigenvalue weighted by molar-refractivity contribution is 5.80. The van der Waals surface area contributed by atoms with Crippen LogP contribution in [0.15, 0.2) is 76.1 Å². The molecular formula is C30H31FN6O3. The van der Waals surface area contributed by atoms with E-state index in [2.05, 4.69) is 38.4 Å². The lowest BCUT2D eigenvalue weighted by atomic mass is 10.0. The van der Waals surface area contributed by atoms with Gasteiger partial charge in [-0.25, -0.2) is 9.07 Å². The lowest BCUT2D eigenvalue weighted by Crippen LogP contribution is -2.35. The number of nitrogens with zero attached hydrogens (tertiary/aromatic N) is 5. The van der Waals surface area contributed by atoms with Crippen LogP contribution in [0.1, 0.15) is 54.1 Å². The molecule has 206 valence electrons. The van der Waals surface area contributed by atoms with Gasteiger partial charge >= 0.3 is 0 Å². The Balaban J connectivity index is 1.50. The molecule has 0 unspecified atom stereocenters. The number of benzene rings is 2. The number of aromatic amines is 1. The molecule has 0 saturated carbocycles. The fourth-order valence-corrected chi connectivity index (χ4v) is 5.38. The van der Waals surface area contributed by atoms with E-state index in [0.717, 1.165) is 41.5 Å². The molecule has 10 heteroatoms. The molecule has 1 saturated heterocycles. The van der Waals surface area contributed by atoms with Crippen LogP contribution in [-0.4, -0.2) is 42.8 Å². The normalized spacial score (nSPS) is 16.2. The van der Waals surface area contributed by atoms with Crippen LogP contribution in [0.4, 0.5) is 4.39 Å². The van der Waals surface area contributed by atoms with E-state index in [4.69, 9.17) is 9.15 Å². The highest BCUT2D eigenvalue weighted by Gasteiger charge is 2.32. The van der Waals surface area contributed by atoms with E-state index in [9.17, 15) is 9.18 Å². The number of aryl methyl sites for hydroxylation is 1. The number of halogens is 1. The summed E-state index contributed by atoms with van der Waals surface area (Å²) in [6, 6.07) is 17.4. The Labute approximate surface area is 230 Å². The molecule has 3 aromatic heterocycles. The molecule has 2 aromatic carbocycles. The van der Waals surface area contributed by atoms with Crippen molar-refractivity contribution in [3.8, 4) is 0 Å². The first kappa shape index (κ1) is 26.1. The summed E-state index contributed by atoms with van der Waals surface area (Å²) in [5, 5.41) is 13.7. The fourth-order valence-electron chi connectivity index (χ4n) is 5.38. The molecule has 1 aliphatic heterocycles. The number of fused-ring (bicyclic) bond motifs is 1. The van der Waals surface area contributed by atoms with Gasteiger partial charge in [-0.15, -0.1) is 5.10 Å². The predicted octanol–water partition coefficient (Wildman–Crippen LogP) is 4.78. The summed E-state index contributed by atoms with van der Waals surface area (Å²) >= 11 is 0. The molecule has 5 aromatic rings. The van der Waals surface area contributed by atoms with E-state index in [1.54, 1.807) is 23.1 Å². The van der Waals surface area contributed by atoms with Crippen molar-refractivity contribution >= 4 is 10.9 Å².